The highest BCUT2D eigenvalue weighted by atomic mass is 127. The first-order valence-corrected chi connectivity index (χ1v) is 7.75. The van der Waals surface area contributed by atoms with Crippen molar-refractivity contribution in [2.45, 2.75) is 13.5 Å². The molecule has 18 heavy (non-hydrogen) atoms. The van der Waals surface area contributed by atoms with E-state index in [0.29, 0.717) is 0 Å². The number of hydrogen-bond donors (Lipinski definition) is 1. The summed E-state index contributed by atoms with van der Waals surface area (Å²) >= 11 is 11.8. The summed E-state index contributed by atoms with van der Waals surface area (Å²) in [6.07, 6.45) is 0. The van der Waals surface area contributed by atoms with Gasteiger partial charge in [0.1, 0.15) is 0 Å². The molecular formula is C14H12BrClIN. The van der Waals surface area contributed by atoms with Crippen LogP contribution < -0.4 is 5.32 Å². The fourth-order valence-corrected chi connectivity index (χ4v) is 2.60. The van der Waals surface area contributed by atoms with Gasteiger partial charge in [-0.3, -0.25) is 0 Å². The van der Waals surface area contributed by atoms with E-state index in [4.69, 9.17) is 11.6 Å². The third-order valence-electron chi connectivity index (χ3n) is 2.71. The van der Waals surface area contributed by atoms with Crippen molar-refractivity contribution < 1.29 is 0 Å². The van der Waals surface area contributed by atoms with Gasteiger partial charge in [-0.25, -0.2) is 0 Å². The van der Waals surface area contributed by atoms with Crippen molar-refractivity contribution in [3.05, 3.63) is 60.6 Å². The molecule has 0 bridgehead atoms. The highest BCUT2D eigenvalue weighted by Crippen LogP contribution is 2.23. The Morgan fingerprint density at radius 1 is 1.22 bits per heavy atom. The Balaban J connectivity index is 2.09. The molecule has 0 amide bonds. The van der Waals surface area contributed by atoms with Crippen LogP contribution in [0.15, 0.2) is 40.9 Å². The molecule has 0 aliphatic rings. The number of halogens is 3. The molecule has 0 atom stereocenters. The van der Waals surface area contributed by atoms with Crippen LogP contribution in [0.3, 0.4) is 0 Å². The zero-order chi connectivity index (χ0) is 13.1. The van der Waals surface area contributed by atoms with Crippen LogP contribution in [0.5, 0.6) is 0 Å². The lowest BCUT2D eigenvalue weighted by Crippen LogP contribution is -2.01. The molecule has 2 aromatic carbocycles. The largest absolute Gasteiger partial charge is 0.381 e. The second-order valence-electron chi connectivity index (χ2n) is 4.05. The van der Waals surface area contributed by atoms with E-state index in [-0.39, 0.29) is 0 Å². The monoisotopic (exact) mass is 435 g/mol. The van der Waals surface area contributed by atoms with Gasteiger partial charge in [0.2, 0.25) is 0 Å². The Morgan fingerprint density at radius 2 is 2.00 bits per heavy atom. The van der Waals surface area contributed by atoms with Crippen LogP contribution in [-0.2, 0) is 6.54 Å². The number of benzene rings is 2. The van der Waals surface area contributed by atoms with Gasteiger partial charge in [0, 0.05) is 25.3 Å². The highest BCUT2D eigenvalue weighted by Gasteiger charge is 2.01. The summed E-state index contributed by atoms with van der Waals surface area (Å²) in [5.41, 5.74) is 3.57. The fraction of sp³-hybridized carbons (Fsp3) is 0.143. The summed E-state index contributed by atoms with van der Waals surface area (Å²) in [5.74, 6) is 0. The average Bonchev–Trinajstić information content (AvgIpc) is 2.32. The summed E-state index contributed by atoms with van der Waals surface area (Å²) in [6.45, 7) is 2.88. The molecule has 1 nitrogen and oxygen atoms in total. The van der Waals surface area contributed by atoms with Crippen LogP contribution >= 0.6 is 50.1 Å². The van der Waals surface area contributed by atoms with E-state index in [0.717, 1.165) is 21.7 Å². The zero-order valence-corrected chi connectivity index (χ0v) is 14.3. The Kier molecular flexibility index (Phi) is 4.92. The minimum atomic E-state index is 0.785. The van der Waals surface area contributed by atoms with Gasteiger partial charge in [-0.05, 0) is 86.9 Å². The van der Waals surface area contributed by atoms with Crippen molar-refractivity contribution in [2.75, 3.05) is 5.32 Å². The molecule has 0 spiro atoms. The van der Waals surface area contributed by atoms with Gasteiger partial charge in [-0.1, -0.05) is 17.7 Å². The molecule has 0 unspecified atom stereocenters. The SMILES string of the molecule is Cc1cc(Cl)ccc1CNc1ccc(I)c(Br)c1. The van der Waals surface area contributed by atoms with Gasteiger partial charge in [0.25, 0.3) is 0 Å². The summed E-state index contributed by atoms with van der Waals surface area (Å²) in [6, 6.07) is 12.2. The molecule has 0 saturated heterocycles. The minimum absolute atomic E-state index is 0.785. The van der Waals surface area contributed by atoms with E-state index in [9.17, 15) is 0 Å². The molecule has 2 aromatic rings. The predicted octanol–water partition coefficient (Wildman–Crippen LogP) is 5.63. The molecule has 0 aliphatic heterocycles. The van der Waals surface area contributed by atoms with Crippen LogP contribution in [0.4, 0.5) is 5.69 Å². The molecule has 0 aromatic heterocycles. The van der Waals surface area contributed by atoms with Crippen molar-refractivity contribution in [3.8, 4) is 0 Å². The molecule has 4 heteroatoms. The normalized spacial score (nSPS) is 10.4. The van der Waals surface area contributed by atoms with Crippen molar-refractivity contribution in [1.82, 2.24) is 0 Å². The van der Waals surface area contributed by atoms with Crippen molar-refractivity contribution in [2.24, 2.45) is 0 Å². The molecule has 94 valence electrons. The van der Waals surface area contributed by atoms with Gasteiger partial charge in [0.15, 0.2) is 0 Å². The van der Waals surface area contributed by atoms with E-state index >= 15 is 0 Å². The summed E-state index contributed by atoms with van der Waals surface area (Å²) in [4.78, 5) is 0. The molecule has 2 rings (SSSR count). The number of aryl methyl sites for hydroxylation is 1. The summed E-state index contributed by atoms with van der Waals surface area (Å²) < 4.78 is 2.32. The molecule has 0 aliphatic carbocycles. The maximum absolute atomic E-state index is 5.94. The van der Waals surface area contributed by atoms with Crippen molar-refractivity contribution in [1.29, 1.82) is 0 Å². The van der Waals surface area contributed by atoms with Crippen molar-refractivity contribution >= 4 is 55.8 Å². The van der Waals surface area contributed by atoms with Gasteiger partial charge >= 0.3 is 0 Å². The van der Waals surface area contributed by atoms with E-state index in [1.807, 2.05) is 12.1 Å². The van der Waals surface area contributed by atoms with Crippen LogP contribution in [-0.4, -0.2) is 0 Å². The number of nitrogens with one attached hydrogen (secondary N) is 1. The molecule has 0 heterocycles. The third-order valence-corrected chi connectivity index (χ3v) is 5.28. The van der Waals surface area contributed by atoms with E-state index in [1.54, 1.807) is 0 Å². The Hall–Kier alpha value is -0.260. The maximum atomic E-state index is 5.94. The smallest absolute Gasteiger partial charge is 0.0408 e. The van der Waals surface area contributed by atoms with Gasteiger partial charge in [0.05, 0.1) is 0 Å². The Bertz CT molecular complexity index is 572. The molecular weight excluding hydrogens is 424 g/mol. The van der Waals surface area contributed by atoms with Crippen LogP contribution in [0.2, 0.25) is 5.02 Å². The maximum Gasteiger partial charge on any atom is 0.0408 e. The van der Waals surface area contributed by atoms with Gasteiger partial charge in [-0.15, -0.1) is 0 Å². The Labute approximate surface area is 134 Å². The summed E-state index contributed by atoms with van der Waals surface area (Å²) in [5, 5.41) is 4.20. The average molecular weight is 437 g/mol. The first-order chi connectivity index (χ1) is 8.56. The van der Waals surface area contributed by atoms with Crippen LogP contribution in [0, 0.1) is 10.5 Å². The number of rotatable bonds is 3. The molecule has 0 saturated carbocycles. The van der Waals surface area contributed by atoms with E-state index in [1.165, 1.54) is 14.7 Å². The van der Waals surface area contributed by atoms with E-state index in [2.05, 4.69) is 75.0 Å². The Morgan fingerprint density at radius 3 is 2.67 bits per heavy atom. The number of hydrogen-bond acceptors (Lipinski definition) is 1. The zero-order valence-electron chi connectivity index (χ0n) is 9.81. The first-order valence-electron chi connectivity index (χ1n) is 5.50. The lowest BCUT2D eigenvalue weighted by molar-refractivity contribution is 1.12. The highest BCUT2D eigenvalue weighted by molar-refractivity contribution is 14.1. The topological polar surface area (TPSA) is 12.0 Å². The van der Waals surface area contributed by atoms with Crippen molar-refractivity contribution in [3.63, 3.8) is 0 Å². The molecule has 0 radical (unpaired) electrons. The second-order valence-corrected chi connectivity index (χ2v) is 6.51. The minimum Gasteiger partial charge on any atom is -0.381 e. The lowest BCUT2D eigenvalue weighted by atomic mass is 10.1. The van der Waals surface area contributed by atoms with Gasteiger partial charge in [-0.2, -0.15) is 0 Å². The fourth-order valence-electron chi connectivity index (χ4n) is 1.66. The predicted molar refractivity (Wildman–Crippen MR) is 90.4 cm³/mol. The van der Waals surface area contributed by atoms with Crippen LogP contribution in [0.1, 0.15) is 11.1 Å². The molecule has 1 N–H and O–H groups in total. The van der Waals surface area contributed by atoms with E-state index < -0.39 is 0 Å². The third kappa shape index (κ3) is 3.62. The second kappa shape index (κ2) is 6.26. The lowest BCUT2D eigenvalue weighted by Gasteiger charge is -2.10. The summed E-state index contributed by atoms with van der Waals surface area (Å²) in [7, 11) is 0. The van der Waals surface area contributed by atoms with Crippen LogP contribution in [0.25, 0.3) is 0 Å². The molecule has 0 fully saturated rings. The standard InChI is InChI=1S/C14H12BrClIN/c1-9-6-11(16)3-2-10(9)8-18-12-4-5-14(17)13(15)7-12/h2-7,18H,8H2,1H3. The van der Waals surface area contributed by atoms with Gasteiger partial charge < -0.3 is 5.32 Å². The first kappa shape index (κ1) is 14.2. The number of anilines is 1. The quantitative estimate of drug-likeness (QED) is 0.615.